The standard InChI is InChI=1S/C14H28O4Si2/c1-19(2,3)17-13(15)11-9-7-8-10-12(11)14(16)18-20(4,5)6/h11-12H,7-10H2,1-6H3/t11-,12+. The number of rotatable bonds is 4. The minimum atomic E-state index is -1.91. The van der Waals surface area contributed by atoms with E-state index >= 15 is 0 Å². The lowest BCUT2D eigenvalue weighted by Crippen LogP contribution is -2.42. The third-order valence-corrected chi connectivity index (χ3v) is 4.81. The van der Waals surface area contributed by atoms with E-state index in [2.05, 4.69) is 0 Å². The van der Waals surface area contributed by atoms with Crippen molar-refractivity contribution in [3.05, 3.63) is 0 Å². The predicted molar refractivity (Wildman–Crippen MR) is 84.3 cm³/mol. The van der Waals surface area contributed by atoms with Gasteiger partial charge in [0.1, 0.15) is 0 Å². The van der Waals surface area contributed by atoms with Gasteiger partial charge in [0.25, 0.3) is 11.9 Å². The molecule has 0 aromatic rings. The first kappa shape index (κ1) is 17.4. The lowest BCUT2D eigenvalue weighted by Gasteiger charge is -2.32. The molecule has 0 radical (unpaired) electrons. The zero-order valence-corrected chi connectivity index (χ0v) is 15.6. The summed E-state index contributed by atoms with van der Waals surface area (Å²) in [4.78, 5) is 24.6. The largest absolute Gasteiger partial charge is 0.520 e. The van der Waals surface area contributed by atoms with Crippen molar-refractivity contribution >= 4 is 28.6 Å². The molecule has 1 aliphatic carbocycles. The molecule has 116 valence electrons. The Bertz CT molecular complexity index is 332. The van der Waals surface area contributed by atoms with E-state index in [0.717, 1.165) is 25.7 Å². The molecule has 1 aliphatic rings. The highest BCUT2D eigenvalue weighted by molar-refractivity contribution is 6.71. The summed E-state index contributed by atoms with van der Waals surface area (Å²) >= 11 is 0. The van der Waals surface area contributed by atoms with Crippen molar-refractivity contribution in [3.8, 4) is 0 Å². The van der Waals surface area contributed by atoms with Gasteiger partial charge in [-0.05, 0) is 52.1 Å². The van der Waals surface area contributed by atoms with Crippen molar-refractivity contribution in [1.82, 2.24) is 0 Å². The van der Waals surface area contributed by atoms with Crippen LogP contribution < -0.4 is 0 Å². The van der Waals surface area contributed by atoms with E-state index < -0.39 is 16.6 Å². The van der Waals surface area contributed by atoms with Crippen LogP contribution in [0.4, 0.5) is 0 Å². The van der Waals surface area contributed by atoms with Crippen LogP contribution in [0.25, 0.3) is 0 Å². The van der Waals surface area contributed by atoms with E-state index in [-0.39, 0.29) is 23.8 Å². The molecule has 0 unspecified atom stereocenters. The van der Waals surface area contributed by atoms with Crippen molar-refractivity contribution in [2.75, 3.05) is 0 Å². The molecule has 2 atom stereocenters. The molecule has 0 aromatic heterocycles. The molecular formula is C14H28O4Si2. The first-order valence-electron chi connectivity index (χ1n) is 7.45. The van der Waals surface area contributed by atoms with E-state index in [1.807, 2.05) is 39.3 Å². The Morgan fingerprint density at radius 1 is 0.750 bits per heavy atom. The normalized spacial score (nSPS) is 24.1. The summed E-state index contributed by atoms with van der Waals surface area (Å²) in [6.07, 6.45) is 3.47. The molecule has 0 saturated heterocycles. The monoisotopic (exact) mass is 316 g/mol. The molecule has 1 saturated carbocycles. The van der Waals surface area contributed by atoms with Crippen LogP contribution >= 0.6 is 0 Å². The third kappa shape index (κ3) is 5.79. The van der Waals surface area contributed by atoms with E-state index in [1.165, 1.54) is 0 Å². The van der Waals surface area contributed by atoms with Gasteiger partial charge in [-0.15, -0.1) is 0 Å². The van der Waals surface area contributed by atoms with Crippen LogP contribution in [0.3, 0.4) is 0 Å². The molecule has 4 nitrogen and oxygen atoms in total. The summed E-state index contributed by atoms with van der Waals surface area (Å²) in [7, 11) is -3.82. The van der Waals surface area contributed by atoms with Crippen molar-refractivity contribution in [1.29, 1.82) is 0 Å². The molecule has 0 heterocycles. The predicted octanol–water partition coefficient (Wildman–Crippen LogP) is 3.55. The van der Waals surface area contributed by atoms with Gasteiger partial charge in [-0.25, -0.2) is 0 Å². The van der Waals surface area contributed by atoms with Gasteiger partial charge in [-0.2, -0.15) is 0 Å². The van der Waals surface area contributed by atoms with Crippen molar-refractivity contribution in [2.24, 2.45) is 11.8 Å². The average molecular weight is 317 g/mol. The Labute approximate surface area is 124 Å². The average Bonchev–Trinajstić information content (AvgIpc) is 2.24. The van der Waals surface area contributed by atoms with Crippen molar-refractivity contribution < 1.29 is 18.4 Å². The van der Waals surface area contributed by atoms with Gasteiger partial charge in [0, 0.05) is 0 Å². The van der Waals surface area contributed by atoms with Crippen LogP contribution in [0.1, 0.15) is 25.7 Å². The van der Waals surface area contributed by atoms with Gasteiger partial charge < -0.3 is 8.85 Å². The van der Waals surface area contributed by atoms with Gasteiger partial charge in [-0.3, -0.25) is 9.59 Å². The van der Waals surface area contributed by atoms with Gasteiger partial charge in [-0.1, -0.05) is 12.8 Å². The second-order valence-corrected chi connectivity index (χ2v) is 16.4. The number of hydrogen-bond acceptors (Lipinski definition) is 4. The molecule has 0 aliphatic heterocycles. The highest BCUT2D eigenvalue weighted by Crippen LogP contribution is 2.33. The topological polar surface area (TPSA) is 52.6 Å². The van der Waals surface area contributed by atoms with E-state index in [1.54, 1.807) is 0 Å². The highest BCUT2D eigenvalue weighted by Gasteiger charge is 2.40. The molecule has 0 aromatic carbocycles. The molecule has 20 heavy (non-hydrogen) atoms. The molecular weight excluding hydrogens is 288 g/mol. The second kappa shape index (κ2) is 6.43. The molecule has 0 amide bonds. The Morgan fingerprint density at radius 2 is 1.05 bits per heavy atom. The zero-order chi connectivity index (χ0) is 15.6. The lowest BCUT2D eigenvalue weighted by molar-refractivity contribution is -0.153. The number of carbonyl (C=O) groups excluding carboxylic acids is 2. The smallest absolute Gasteiger partial charge is 0.296 e. The van der Waals surface area contributed by atoms with Crippen LogP contribution in [0.2, 0.25) is 39.3 Å². The van der Waals surface area contributed by atoms with Crippen LogP contribution in [0.5, 0.6) is 0 Å². The van der Waals surface area contributed by atoms with Gasteiger partial charge >= 0.3 is 0 Å². The maximum Gasteiger partial charge on any atom is 0.296 e. The van der Waals surface area contributed by atoms with Crippen LogP contribution in [0, 0.1) is 11.8 Å². The van der Waals surface area contributed by atoms with Crippen molar-refractivity contribution in [3.63, 3.8) is 0 Å². The minimum Gasteiger partial charge on any atom is -0.520 e. The van der Waals surface area contributed by atoms with Crippen LogP contribution in [-0.4, -0.2) is 28.6 Å². The summed E-state index contributed by atoms with van der Waals surface area (Å²) in [6.45, 7) is 11.9. The molecule has 0 bridgehead atoms. The third-order valence-electron chi connectivity index (χ3n) is 3.19. The summed E-state index contributed by atoms with van der Waals surface area (Å²) in [5.41, 5.74) is 0. The Kier molecular flexibility index (Phi) is 5.60. The summed E-state index contributed by atoms with van der Waals surface area (Å²) in [6, 6.07) is 0. The zero-order valence-electron chi connectivity index (χ0n) is 13.6. The summed E-state index contributed by atoms with van der Waals surface area (Å²) < 4.78 is 11.2. The van der Waals surface area contributed by atoms with Gasteiger partial charge in [0.05, 0.1) is 11.8 Å². The first-order chi connectivity index (χ1) is 8.99. The number of hydrogen-bond donors (Lipinski definition) is 0. The molecule has 0 spiro atoms. The Balaban J connectivity index is 2.76. The maximum absolute atomic E-state index is 12.3. The first-order valence-corrected chi connectivity index (χ1v) is 14.3. The number of carbonyl (C=O) groups is 2. The van der Waals surface area contributed by atoms with E-state index in [4.69, 9.17) is 8.85 Å². The second-order valence-electron chi connectivity index (χ2n) is 7.56. The molecule has 6 heteroatoms. The highest BCUT2D eigenvalue weighted by atomic mass is 28.4. The fraction of sp³-hybridized carbons (Fsp3) is 0.857. The van der Waals surface area contributed by atoms with Gasteiger partial charge in [0.15, 0.2) is 0 Å². The minimum absolute atomic E-state index is 0.193. The molecule has 0 N–H and O–H groups in total. The molecule has 1 rings (SSSR count). The van der Waals surface area contributed by atoms with Crippen LogP contribution in [-0.2, 0) is 18.4 Å². The summed E-state index contributed by atoms with van der Waals surface area (Å²) in [5, 5.41) is 0. The van der Waals surface area contributed by atoms with Crippen molar-refractivity contribution in [2.45, 2.75) is 65.0 Å². The SMILES string of the molecule is C[Si](C)(C)OC(=O)[C@H]1CCCC[C@H]1C(=O)O[Si](C)(C)C. The maximum atomic E-state index is 12.3. The van der Waals surface area contributed by atoms with Gasteiger partial charge in [0.2, 0.25) is 16.6 Å². The Hall–Kier alpha value is -0.626. The fourth-order valence-electron chi connectivity index (χ4n) is 2.45. The van der Waals surface area contributed by atoms with Crippen LogP contribution in [0.15, 0.2) is 0 Å². The van der Waals surface area contributed by atoms with E-state index in [9.17, 15) is 9.59 Å². The van der Waals surface area contributed by atoms with E-state index in [0.29, 0.717) is 0 Å². The summed E-state index contributed by atoms with van der Waals surface area (Å²) in [5.74, 6) is -0.999. The fourth-order valence-corrected chi connectivity index (χ4v) is 3.96. The molecule has 1 fully saturated rings. The Morgan fingerprint density at radius 3 is 1.30 bits per heavy atom. The quantitative estimate of drug-likeness (QED) is 0.744. The lowest BCUT2D eigenvalue weighted by atomic mass is 9.79.